The largest absolute Gasteiger partial charge is 0.355 e. The monoisotopic (exact) mass is 349 g/mol. The van der Waals surface area contributed by atoms with Crippen LogP contribution < -0.4 is 10.6 Å². The van der Waals surface area contributed by atoms with Crippen molar-refractivity contribution in [3.05, 3.63) is 0 Å². The molecule has 0 bridgehead atoms. The minimum Gasteiger partial charge on any atom is -0.355 e. The highest BCUT2D eigenvalue weighted by molar-refractivity contribution is 5.81. The number of piperidine rings is 2. The van der Waals surface area contributed by atoms with Gasteiger partial charge in [-0.2, -0.15) is 0 Å². The van der Waals surface area contributed by atoms with Gasteiger partial charge in [-0.05, 0) is 52.6 Å². The van der Waals surface area contributed by atoms with Gasteiger partial charge in [-0.25, -0.2) is 0 Å². The van der Waals surface area contributed by atoms with E-state index in [-0.39, 0.29) is 16.9 Å². The van der Waals surface area contributed by atoms with Crippen LogP contribution in [-0.4, -0.2) is 73.5 Å². The number of carbonyl (C=O) groups excluding carboxylic acids is 1. The maximum Gasteiger partial charge on any atom is 0.220 e. The molecule has 3 fully saturated rings. The van der Waals surface area contributed by atoms with Gasteiger partial charge in [0.25, 0.3) is 0 Å². The third-order valence-corrected chi connectivity index (χ3v) is 6.26. The van der Waals surface area contributed by atoms with E-state index in [4.69, 9.17) is 0 Å². The molecule has 0 radical (unpaired) electrons. The fourth-order valence-electron chi connectivity index (χ4n) is 4.67. The van der Waals surface area contributed by atoms with Crippen molar-refractivity contribution < 1.29 is 4.79 Å². The third-order valence-electron chi connectivity index (χ3n) is 6.26. The summed E-state index contributed by atoms with van der Waals surface area (Å²) in [6.45, 7) is 10.7. The number of guanidine groups is 1. The van der Waals surface area contributed by atoms with Crippen molar-refractivity contribution in [3.63, 3.8) is 0 Å². The predicted octanol–water partition coefficient (Wildman–Crippen LogP) is 1.43. The van der Waals surface area contributed by atoms with Crippen molar-refractivity contribution in [1.29, 1.82) is 0 Å². The van der Waals surface area contributed by atoms with Gasteiger partial charge in [-0.3, -0.25) is 14.7 Å². The zero-order valence-corrected chi connectivity index (χ0v) is 16.2. The van der Waals surface area contributed by atoms with E-state index < -0.39 is 0 Å². The number of hydrogen-bond donors (Lipinski definition) is 2. The standard InChI is InChI=1S/C19H35N5O/c1-18(2,24-10-5-4-6-11-24)13-22-17(20-3)23-9-7-8-19(15-23)12-16(25)21-14-19/h4-15H2,1-3H3,(H,20,22)(H,21,25). The lowest BCUT2D eigenvalue weighted by Gasteiger charge is -2.43. The van der Waals surface area contributed by atoms with Crippen LogP contribution in [0.1, 0.15) is 52.4 Å². The molecule has 2 N–H and O–H groups in total. The van der Waals surface area contributed by atoms with Gasteiger partial charge in [0.2, 0.25) is 5.91 Å². The Hall–Kier alpha value is -1.30. The van der Waals surface area contributed by atoms with Crippen LogP contribution in [0.5, 0.6) is 0 Å². The first-order valence-corrected chi connectivity index (χ1v) is 9.92. The Morgan fingerprint density at radius 2 is 2.00 bits per heavy atom. The normalized spacial score (nSPS) is 29.2. The quantitative estimate of drug-likeness (QED) is 0.598. The SMILES string of the molecule is CN=C(NCC(C)(C)N1CCCCC1)N1CCCC2(CNC(=O)C2)C1. The molecule has 3 aliphatic heterocycles. The van der Waals surface area contributed by atoms with Crippen molar-refractivity contribution in [2.45, 2.75) is 57.9 Å². The van der Waals surface area contributed by atoms with Crippen LogP contribution in [0.3, 0.4) is 0 Å². The molecule has 0 aromatic carbocycles. The van der Waals surface area contributed by atoms with Crippen LogP contribution in [0.4, 0.5) is 0 Å². The van der Waals surface area contributed by atoms with Gasteiger partial charge in [0.15, 0.2) is 5.96 Å². The van der Waals surface area contributed by atoms with Gasteiger partial charge < -0.3 is 15.5 Å². The van der Waals surface area contributed by atoms with Crippen LogP contribution in [-0.2, 0) is 4.79 Å². The Bertz CT molecular complexity index is 512. The molecule has 3 rings (SSSR count). The predicted molar refractivity (Wildman–Crippen MR) is 102 cm³/mol. The second-order valence-electron chi connectivity index (χ2n) is 8.74. The molecule has 142 valence electrons. The van der Waals surface area contributed by atoms with E-state index in [0.717, 1.165) is 45.0 Å². The van der Waals surface area contributed by atoms with E-state index in [9.17, 15) is 4.79 Å². The highest BCUT2D eigenvalue weighted by Crippen LogP contribution is 2.36. The molecule has 1 amide bonds. The number of nitrogens with one attached hydrogen (secondary N) is 2. The smallest absolute Gasteiger partial charge is 0.220 e. The molecule has 0 saturated carbocycles. The number of aliphatic imine (C=N–C) groups is 1. The first-order chi connectivity index (χ1) is 11.9. The van der Waals surface area contributed by atoms with E-state index in [1.165, 1.54) is 32.4 Å². The van der Waals surface area contributed by atoms with Gasteiger partial charge in [0, 0.05) is 50.6 Å². The molecule has 1 unspecified atom stereocenters. The van der Waals surface area contributed by atoms with E-state index in [1.54, 1.807) is 0 Å². The molecule has 6 heteroatoms. The van der Waals surface area contributed by atoms with E-state index >= 15 is 0 Å². The molecule has 0 aromatic heterocycles. The van der Waals surface area contributed by atoms with Crippen molar-refractivity contribution in [2.75, 3.05) is 46.3 Å². The van der Waals surface area contributed by atoms with Crippen LogP contribution >= 0.6 is 0 Å². The second-order valence-corrected chi connectivity index (χ2v) is 8.74. The van der Waals surface area contributed by atoms with Gasteiger partial charge in [0.05, 0.1) is 0 Å². The second kappa shape index (κ2) is 7.52. The van der Waals surface area contributed by atoms with Crippen LogP contribution in [0.15, 0.2) is 4.99 Å². The summed E-state index contributed by atoms with van der Waals surface area (Å²) in [6, 6.07) is 0. The molecule has 1 atom stereocenters. The van der Waals surface area contributed by atoms with Crippen molar-refractivity contribution in [1.82, 2.24) is 20.4 Å². The van der Waals surface area contributed by atoms with Gasteiger partial charge in [0.1, 0.15) is 0 Å². The average Bonchev–Trinajstić information content (AvgIpc) is 2.96. The number of carbonyl (C=O) groups is 1. The summed E-state index contributed by atoms with van der Waals surface area (Å²) in [4.78, 5) is 21.2. The number of amides is 1. The first-order valence-electron chi connectivity index (χ1n) is 9.92. The van der Waals surface area contributed by atoms with E-state index in [0.29, 0.717) is 6.42 Å². The van der Waals surface area contributed by atoms with Gasteiger partial charge in [-0.1, -0.05) is 6.42 Å². The Morgan fingerprint density at radius 1 is 1.24 bits per heavy atom. The lowest BCUT2D eigenvalue weighted by molar-refractivity contribution is -0.119. The molecule has 0 aliphatic carbocycles. The molecule has 3 saturated heterocycles. The number of likely N-dealkylation sites (tertiary alicyclic amines) is 2. The summed E-state index contributed by atoms with van der Waals surface area (Å²) in [7, 11) is 1.87. The topological polar surface area (TPSA) is 60.0 Å². The highest BCUT2D eigenvalue weighted by Gasteiger charge is 2.42. The average molecular weight is 350 g/mol. The highest BCUT2D eigenvalue weighted by atomic mass is 16.1. The summed E-state index contributed by atoms with van der Waals surface area (Å²) in [6.07, 6.45) is 6.93. The Balaban J connectivity index is 1.58. The molecule has 6 nitrogen and oxygen atoms in total. The summed E-state index contributed by atoms with van der Waals surface area (Å²) >= 11 is 0. The zero-order valence-electron chi connectivity index (χ0n) is 16.2. The van der Waals surface area contributed by atoms with Crippen molar-refractivity contribution in [3.8, 4) is 0 Å². The number of nitrogens with zero attached hydrogens (tertiary/aromatic N) is 3. The van der Waals surface area contributed by atoms with Gasteiger partial charge >= 0.3 is 0 Å². The Kier molecular flexibility index (Phi) is 5.56. The van der Waals surface area contributed by atoms with E-state index in [2.05, 4.69) is 39.3 Å². The third kappa shape index (κ3) is 4.27. The lowest BCUT2D eigenvalue weighted by atomic mass is 9.79. The summed E-state index contributed by atoms with van der Waals surface area (Å²) in [5.41, 5.74) is 0.240. The maximum absolute atomic E-state index is 11.7. The molecule has 3 heterocycles. The number of hydrogen-bond acceptors (Lipinski definition) is 3. The first kappa shape index (κ1) is 18.5. The minimum atomic E-state index is 0.106. The fraction of sp³-hybridized carbons (Fsp3) is 0.895. The maximum atomic E-state index is 11.7. The van der Waals surface area contributed by atoms with Crippen LogP contribution in [0, 0.1) is 5.41 Å². The minimum absolute atomic E-state index is 0.106. The zero-order chi connectivity index (χ0) is 17.9. The molecule has 25 heavy (non-hydrogen) atoms. The molecule has 0 aromatic rings. The summed E-state index contributed by atoms with van der Waals surface area (Å²) in [5, 5.41) is 6.65. The molecule has 1 spiro atoms. The van der Waals surface area contributed by atoms with E-state index in [1.807, 2.05) is 7.05 Å². The Labute approximate surface area is 152 Å². The van der Waals surface area contributed by atoms with Gasteiger partial charge in [-0.15, -0.1) is 0 Å². The fourth-order valence-corrected chi connectivity index (χ4v) is 4.67. The molecular formula is C19H35N5O. The van der Waals surface area contributed by atoms with Crippen LogP contribution in [0.25, 0.3) is 0 Å². The van der Waals surface area contributed by atoms with Crippen molar-refractivity contribution in [2.24, 2.45) is 10.4 Å². The lowest BCUT2D eigenvalue weighted by Crippen LogP contribution is -2.57. The summed E-state index contributed by atoms with van der Waals surface area (Å²) in [5.74, 6) is 1.19. The van der Waals surface area contributed by atoms with Crippen LogP contribution in [0.2, 0.25) is 0 Å². The molecule has 3 aliphatic rings. The number of rotatable bonds is 3. The molecular weight excluding hydrogens is 314 g/mol. The Morgan fingerprint density at radius 3 is 2.64 bits per heavy atom. The van der Waals surface area contributed by atoms with Crippen molar-refractivity contribution >= 4 is 11.9 Å². The summed E-state index contributed by atoms with van der Waals surface area (Å²) < 4.78 is 0.